The van der Waals surface area contributed by atoms with Crippen molar-refractivity contribution in [3.05, 3.63) is 23.9 Å². The molecule has 1 aliphatic rings. The van der Waals surface area contributed by atoms with Crippen LogP contribution in [0.5, 0.6) is 0 Å². The maximum Gasteiger partial charge on any atom is 0.415 e. The SMILES string of the molecule is CCN(C(=O)OC(C)(C)C)c1ccc([C@H]2CCCN2C(C)C)cn1. The molecule has 0 spiro atoms. The van der Waals surface area contributed by atoms with E-state index < -0.39 is 5.60 Å². The minimum atomic E-state index is -0.508. The highest BCUT2D eigenvalue weighted by Gasteiger charge is 2.28. The molecule has 1 aliphatic heterocycles. The second-order valence-corrected chi connectivity index (χ2v) is 7.66. The molecule has 0 aromatic carbocycles. The number of hydrogen-bond donors (Lipinski definition) is 0. The van der Waals surface area contributed by atoms with Crippen LogP contribution in [0.15, 0.2) is 18.3 Å². The largest absolute Gasteiger partial charge is 0.443 e. The molecule has 1 fully saturated rings. The number of aromatic nitrogens is 1. The average Bonchev–Trinajstić information content (AvgIpc) is 2.96. The number of likely N-dealkylation sites (tertiary alicyclic amines) is 1. The van der Waals surface area contributed by atoms with Crippen LogP contribution in [0.3, 0.4) is 0 Å². The first-order chi connectivity index (χ1) is 11.2. The Hall–Kier alpha value is -1.62. The van der Waals surface area contributed by atoms with Crippen molar-refractivity contribution in [2.45, 2.75) is 72.1 Å². The second kappa shape index (κ2) is 7.51. The van der Waals surface area contributed by atoms with Gasteiger partial charge in [0.05, 0.1) is 0 Å². The molecule has 1 amide bonds. The van der Waals surface area contributed by atoms with Gasteiger partial charge in [0.2, 0.25) is 0 Å². The van der Waals surface area contributed by atoms with Gasteiger partial charge in [-0.05, 0) is 72.6 Å². The summed E-state index contributed by atoms with van der Waals surface area (Å²) >= 11 is 0. The minimum Gasteiger partial charge on any atom is -0.443 e. The van der Waals surface area contributed by atoms with E-state index in [0.717, 1.165) is 6.54 Å². The van der Waals surface area contributed by atoms with Crippen molar-refractivity contribution in [2.75, 3.05) is 18.0 Å². The highest BCUT2D eigenvalue weighted by atomic mass is 16.6. The molecule has 0 saturated carbocycles. The summed E-state index contributed by atoms with van der Waals surface area (Å²) in [6.07, 6.45) is 3.95. The Balaban J connectivity index is 2.14. The van der Waals surface area contributed by atoms with Crippen molar-refractivity contribution in [1.29, 1.82) is 0 Å². The third-order valence-electron chi connectivity index (χ3n) is 4.32. The van der Waals surface area contributed by atoms with Crippen LogP contribution < -0.4 is 4.90 Å². The topological polar surface area (TPSA) is 45.7 Å². The Morgan fingerprint density at radius 2 is 2.12 bits per heavy atom. The number of anilines is 1. The van der Waals surface area contributed by atoms with Crippen molar-refractivity contribution in [3.63, 3.8) is 0 Å². The van der Waals surface area contributed by atoms with Crippen LogP contribution >= 0.6 is 0 Å². The fraction of sp³-hybridized carbons (Fsp3) is 0.684. The van der Waals surface area contributed by atoms with E-state index in [1.54, 1.807) is 4.90 Å². The smallest absolute Gasteiger partial charge is 0.415 e. The van der Waals surface area contributed by atoms with Crippen molar-refractivity contribution < 1.29 is 9.53 Å². The quantitative estimate of drug-likeness (QED) is 0.820. The van der Waals surface area contributed by atoms with Gasteiger partial charge in [0, 0.05) is 24.8 Å². The van der Waals surface area contributed by atoms with E-state index in [1.807, 2.05) is 40.0 Å². The number of pyridine rings is 1. The number of carbonyl (C=O) groups excluding carboxylic acids is 1. The van der Waals surface area contributed by atoms with Crippen LogP contribution in [0.2, 0.25) is 0 Å². The molecule has 134 valence electrons. The Labute approximate surface area is 146 Å². The first kappa shape index (κ1) is 18.7. The van der Waals surface area contributed by atoms with Gasteiger partial charge in [-0.15, -0.1) is 0 Å². The molecule has 0 aliphatic carbocycles. The lowest BCUT2D eigenvalue weighted by atomic mass is 10.1. The number of ether oxygens (including phenoxy) is 1. The molecule has 1 aromatic rings. The monoisotopic (exact) mass is 333 g/mol. The average molecular weight is 333 g/mol. The molecule has 0 N–H and O–H groups in total. The van der Waals surface area contributed by atoms with E-state index in [9.17, 15) is 4.79 Å². The number of nitrogens with zero attached hydrogens (tertiary/aromatic N) is 3. The normalized spacial score (nSPS) is 18.9. The molecule has 2 rings (SSSR count). The van der Waals surface area contributed by atoms with Crippen LogP contribution in [-0.2, 0) is 4.74 Å². The summed E-state index contributed by atoms with van der Waals surface area (Å²) < 4.78 is 5.46. The van der Waals surface area contributed by atoms with Crippen LogP contribution in [0.4, 0.5) is 10.6 Å². The molecule has 5 nitrogen and oxygen atoms in total. The molecule has 1 atom stereocenters. The van der Waals surface area contributed by atoms with E-state index in [4.69, 9.17) is 4.74 Å². The summed E-state index contributed by atoms with van der Waals surface area (Å²) in [5.41, 5.74) is 0.719. The number of rotatable bonds is 4. The molecule has 24 heavy (non-hydrogen) atoms. The Kier molecular flexibility index (Phi) is 5.86. The molecule has 1 saturated heterocycles. The van der Waals surface area contributed by atoms with Crippen LogP contribution in [0.25, 0.3) is 0 Å². The molecule has 2 heterocycles. The van der Waals surface area contributed by atoms with E-state index >= 15 is 0 Å². The van der Waals surface area contributed by atoms with E-state index in [-0.39, 0.29) is 6.09 Å². The zero-order valence-electron chi connectivity index (χ0n) is 15.9. The maximum absolute atomic E-state index is 12.3. The molecular weight excluding hydrogens is 302 g/mol. The summed E-state index contributed by atoms with van der Waals surface area (Å²) in [6.45, 7) is 13.7. The zero-order valence-corrected chi connectivity index (χ0v) is 15.9. The fourth-order valence-electron chi connectivity index (χ4n) is 3.22. The predicted molar refractivity (Wildman–Crippen MR) is 97.3 cm³/mol. The van der Waals surface area contributed by atoms with Gasteiger partial charge in [0.15, 0.2) is 0 Å². The lowest BCUT2D eigenvalue weighted by Gasteiger charge is -2.29. The van der Waals surface area contributed by atoms with Crippen molar-refractivity contribution >= 4 is 11.9 Å². The first-order valence-corrected chi connectivity index (χ1v) is 8.95. The minimum absolute atomic E-state index is 0.352. The van der Waals surface area contributed by atoms with E-state index in [1.165, 1.54) is 18.4 Å². The summed E-state index contributed by atoms with van der Waals surface area (Å²) in [4.78, 5) is 21.0. The van der Waals surface area contributed by atoms with Gasteiger partial charge in [-0.1, -0.05) is 6.07 Å². The van der Waals surface area contributed by atoms with Gasteiger partial charge in [-0.2, -0.15) is 0 Å². The lowest BCUT2D eigenvalue weighted by Crippen LogP contribution is -2.37. The summed E-state index contributed by atoms with van der Waals surface area (Å²) in [6, 6.07) is 4.99. The van der Waals surface area contributed by atoms with Gasteiger partial charge in [-0.3, -0.25) is 9.80 Å². The Morgan fingerprint density at radius 3 is 2.62 bits per heavy atom. The van der Waals surface area contributed by atoms with Gasteiger partial charge in [0.1, 0.15) is 11.4 Å². The van der Waals surface area contributed by atoms with Crippen LogP contribution in [0.1, 0.15) is 66.0 Å². The fourth-order valence-corrected chi connectivity index (χ4v) is 3.22. The number of carbonyl (C=O) groups is 1. The van der Waals surface area contributed by atoms with E-state index in [2.05, 4.69) is 29.8 Å². The summed E-state index contributed by atoms with van der Waals surface area (Å²) in [5.74, 6) is 0.643. The molecule has 0 bridgehead atoms. The van der Waals surface area contributed by atoms with Gasteiger partial charge in [-0.25, -0.2) is 9.78 Å². The maximum atomic E-state index is 12.3. The van der Waals surface area contributed by atoms with Gasteiger partial charge in [0.25, 0.3) is 0 Å². The first-order valence-electron chi connectivity index (χ1n) is 8.95. The van der Waals surface area contributed by atoms with Gasteiger partial charge >= 0.3 is 6.09 Å². The molecule has 0 radical (unpaired) electrons. The van der Waals surface area contributed by atoms with Crippen molar-refractivity contribution in [1.82, 2.24) is 9.88 Å². The Morgan fingerprint density at radius 1 is 1.42 bits per heavy atom. The number of amides is 1. The predicted octanol–water partition coefficient (Wildman–Crippen LogP) is 4.39. The van der Waals surface area contributed by atoms with Crippen LogP contribution in [0, 0.1) is 0 Å². The molecular formula is C19H31N3O2. The zero-order chi connectivity index (χ0) is 17.9. The second-order valence-electron chi connectivity index (χ2n) is 7.66. The molecule has 1 aromatic heterocycles. The van der Waals surface area contributed by atoms with Crippen LogP contribution in [-0.4, -0.2) is 40.7 Å². The summed E-state index contributed by atoms with van der Waals surface area (Å²) in [5, 5.41) is 0. The molecule has 5 heteroatoms. The highest BCUT2D eigenvalue weighted by molar-refractivity contribution is 5.86. The highest BCUT2D eigenvalue weighted by Crippen LogP contribution is 2.33. The van der Waals surface area contributed by atoms with Crippen molar-refractivity contribution in [2.24, 2.45) is 0 Å². The summed E-state index contributed by atoms with van der Waals surface area (Å²) in [7, 11) is 0. The lowest BCUT2D eigenvalue weighted by molar-refractivity contribution is 0.0581. The molecule has 0 unspecified atom stereocenters. The number of hydrogen-bond acceptors (Lipinski definition) is 4. The Bertz CT molecular complexity index is 549. The standard InChI is InChI=1S/C19H31N3O2/c1-7-21(18(23)24-19(4,5)6)17-11-10-15(13-20-17)16-9-8-12-22(16)14(2)3/h10-11,13-14,16H,7-9,12H2,1-6H3/t16-/m1/s1. The van der Waals surface area contributed by atoms with E-state index in [0.29, 0.717) is 24.4 Å². The van der Waals surface area contributed by atoms with Crippen molar-refractivity contribution in [3.8, 4) is 0 Å². The third kappa shape index (κ3) is 4.47. The van der Waals surface area contributed by atoms with Gasteiger partial charge < -0.3 is 4.74 Å². The third-order valence-corrected chi connectivity index (χ3v) is 4.32.